The van der Waals surface area contributed by atoms with Crippen LogP contribution in [0.1, 0.15) is 18.8 Å². The first-order chi connectivity index (χ1) is 8.72. The molecular weight excluding hydrogens is 316 g/mol. The van der Waals surface area contributed by atoms with E-state index in [0.717, 1.165) is 5.82 Å². The minimum atomic E-state index is -7.06. The highest BCUT2D eigenvalue weighted by Gasteiger charge is 2.57. The van der Waals surface area contributed by atoms with Crippen molar-refractivity contribution in [2.75, 3.05) is 0 Å². The van der Waals surface area contributed by atoms with Gasteiger partial charge in [-0.2, -0.15) is 30.6 Å². The number of hydrogen-bond acceptors (Lipinski definition) is 3. The molecule has 0 saturated heterocycles. The largest absolute Gasteiger partial charge is 0.497 e. The summed E-state index contributed by atoms with van der Waals surface area (Å²) in [6.45, 7) is 1.92. The van der Waals surface area contributed by atoms with Crippen molar-refractivity contribution >= 4 is 10.2 Å². The molecular formula is C8H13F6N3O2S. The molecule has 1 atom stereocenters. The van der Waals surface area contributed by atoms with E-state index in [-0.39, 0.29) is 6.04 Å². The van der Waals surface area contributed by atoms with Crippen LogP contribution in [0.3, 0.4) is 0 Å². The Balaban J connectivity index is 0.000000367. The summed E-state index contributed by atoms with van der Waals surface area (Å²) >= 11 is 0. The van der Waals surface area contributed by atoms with Gasteiger partial charge in [-0.25, -0.2) is 4.98 Å². The van der Waals surface area contributed by atoms with Crippen LogP contribution in [0.5, 0.6) is 0 Å². The third-order valence-corrected chi connectivity index (χ3v) is 3.33. The first-order valence-corrected chi connectivity index (χ1v) is 6.57. The van der Waals surface area contributed by atoms with E-state index in [4.69, 9.17) is 10.3 Å². The lowest BCUT2D eigenvalue weighted by Crippen LogP contribution is -2.42. The van der Waals surface area contributed by atoms with Crippen LogP contribution in [0.15, 0.2) is 12.4 Å². The zero-order valence-electron chi connectivity index (χ0n) is 10.3. The van der Waals surface area contributed by atoms with Gasteiger partial charge in [0.25, 0.3) is 0 Å². The molecule has 0 amide bonds. The molecule has 1 unspecified atom stereocenters. The first kappa shape index (κ1) is 18.9. The van der Waals surface area contributed by atoms with Gasteiger partial charge in [-0.15, -0.1) is 0 Å². The van der Waals surface area contributed by atoms with Gasteiger partial charge in [0, 0.05) is 19.4 Å². The molecule has 0 aliphatic heterocycles. The summed E-state index contributed by atoms with van der Waals surface area (Å²) in [5.74, 6) is 0.926. The normalized spacial score (nSPS) is 15.3. The average Bonchev–Trinajstić information content (AvgIpc) is 2.61. The van der Waals surface area contributed by atoms with Gasteiger partial charge in [-0.3, -0.25) is 4.55 Å². The predicted octanol–water partition coefficient (Wildman–Crippen LogP) is 1.96. The first-order valence-electron chi connectivity index (χ1n) is 4.91. The summed E-state index contributed by atoms with van der Waals surface area (Å²) in [6.07, 6.45) is 3.64. The minimum Gasteiger partial charge on any atom is -0.337 e. The minimum absolute atomic E-state index is 0.0324. The number of hydrogen-bond donors (Lipinski definition) is 3. The lowest BCUT2D eigenvalue weighted by Gasteiger charge is -2.26. The van der Waals surface area contributed by atoms with Gasteiger partial charge in [-0.1, -0.05) is 0 Å². The number of thiol groups is 1. The fraction of sp³-hybridized carbons (Fsp3) is 0.625. The van der Waals surface area contributed by atoms with Crippen molar-refractivity contribution in [1.29, 1.82) is 0 Å². The fourth-order valence-electron chi connectivity index (χ4n) is 0.960. The van der Waals surface area contributed by atoms with E-state index in [1.54, 1.807) is 6.20 Å². The highest BCUT2D eigenvalue weighted by Crippen LogP contribution is 2.40. The third-order valence-electron chi connectivity index (χ3n) is 1.95. The quantitative estimate of drug-likeness (QED) is 0.543. The predicted molar refractivity (Wildman–Crippen MR) is 60.1 cm³/mol. The van der Waals surface area contributed by atoms with E-state index in [0.29, 0.717) is 0 Å². The summed E-state index contributed by atoms with van der Waals surface area (Å²) in [5.41, 5.74) is -6.69. The Labute approximate surface area is 111 Å². The highest BCUT2D eigenvalue weighted by molar-refractivity contribution is 7.99. The molecule has 20 heavy (non-hydrogen) atoms. The number of aryl methyl sites for hydroxylation is 1. The third kappa shape index (κ3) is 4.45. The molecule has 1 aromatic heterocycles. The molecule has 120 valence electrons. The Morgan fingerprint density at radius 1 is 1.30 bits per heavy atom. The van der Waals surface area contributed by atoms with Crippen molar-refractivity contribution < 1.29 is 35.1 Å². The van der Waals surface area contributed by atoms with Crippen molar-refractivity contribution in [2.24, 2.45) is 12.8 Å². The van der Waals surface area contributed by atoms with E-state index in [1.807, 2.05) is 24.7 Å². The number of rotatable bonds is 1. The highest BCUT2D eigenvalue weighted by atomic mass is 32.3. The van der Waals surface area contributed by atoms with Crippen LogP contribution in [0, 0.1) is 0 Å². The van der Waals surface area contributed by atoms with Gasteiger partial charge in [0.2, 0.25) is 0 Å². The molecule has 0 fully saturated rings. The van der Waals surface area contributed by atoms with E-state index in [1.165, 1.54) is 0 Å². The molecule has 1 heterocycles. The molecule has 5 nitrogen and oxygen atoms in total. The molecule has 0 aliphatic rings. The van der Waals surface area contributed by atoms with Crippen molar-refractivity contribution in [2.45, 2.75) is 24.0 Å². The van der Waals surface area contributed by atoms with Gasteiger partial charge < -0.3 is 10.3 Å². The lowest BCUT2D eigenvalue weighted by atomic mass is 10.3. The second-order valence-corrected chi connectivity index (χ2v) is 5.86. The SMILES string of the molecule is CC(N)c1nccn1C.O=[SH](O)(C(F)(F)F)C(F)(F)F. The number of nitrogens with two attached hydrogens (primary N) is 1. The van der Waals surface area contributed by atoms with Gasteiger partial charge in [-0.05, 0) is 17.1 Å². The van der Waals surface area contributed by atoms with Gasteiger partial charge >= 0.3 is 11.0 Å². The second-order valence-electron chi connectivity index (χ2n) is 3.70. The zero-order chi connectivity index (χ0) is 16.4. The summed E-state index contributed by atoms with van der Waals surface area (Å²) in [7, 11) is -5.12. The van der Waals surface area contributed by atoms with Crippen LogP contribution in [0.4, 0.5) is 26.3 Å². The molecule has 0 spiro atoms. The van der Waals surface area contributed by atoms with Crippen LogP contribution >= 0.6 is 0 Å². The van der Waals surface area contributed by atoms with Gasteiger partial charge in [0.1, 0.15) is 5.82 Å². The van der Waals surface area contributed by atoms with Crippen LogP contribution in [-0.2, 0) is 17.3 Å². The smallest absolute Gasteiger partial charge is 0.337 e. The van der Waals surface area contributed by atoms with Crippen molar-refractivity contribution in [3.05, 3.63) is 18.2 Å². The summed E-state index contributed by atoms with van der Waals surface area (Å²) in [6, 6.07) is 0.0324. The van der Waals surface area contributed by atoms with Crippen molar-refractivity contribution in [3.63, 3.8) is 0 Å². The number of nitrogens with zero attached hydrogens (tertiary/aromatic N) is 2. The van der Waals surface area contributed by atoms with E-state index in [9.17, 15) is 30.6 Å². The summed E-state index contributed by atoms with van der Waals surface area (Å²) < 4.78 is 85.6. The molecule has 0 aromatic carbocycles. The van der Waals surface area contributed by atoms with Gasteiger partial charge in [0.15, 0.2) is 0 Å². The van der Waals surface area contributed by atoms with Crippen LogP contribution < -0.4 is 5.73 Å². The molecule has 0 aliphatic carbocycles. The van der Waals surface area contributed by atoms with Crippen molar-refractivity contribution in [3.8, 4) is 0 Å². The Kier molecular flexibility index (Phi) is 5.75. The van der Waals surface area contributed by atoms with E-state index in [2.05, 4.69) is 4.98 Å². The molecule has 1 aromatic rings. The monoisotopic (exact) mass is 329 g/mol. The molecule has 12 heteroatoms. The maximum atomic E-state index is 11.1. The Morgan fingerprint density at radius 2 is 1.70 bits per heavy atom. The van der Waals surface area contributed by atoms with Crippen LogP contribution in [0.25, 0.3) is 0 Å². The number of halogens is 6. The number of aromatic nitrogens is 2. The Morgan fingerprint density at radius 3 is 1.80 bits per heavy atom. The van der Waals surface area contributed by atoms with Gasteiger partial charge in [0.05, 0.1) is 6.04 Å². The Hall–Kier alpha value is -1.14. The average molecular weight is 329 g/mol. The molecule has 3 N–H and O–H groups in total. The second kappa shape index (κ2) is 6.10. The lowest BCUT2D eigenvalue weighted by molar-refractivity contribution is -0.0970. The summed E-state index contributed by atoms with van der Waals surface area (Å²) in [4.78, 5) is 4.05. The molecule has 0 saturated carbocycles. The number of alkyl halides is 6. The maximum Gasteiger partial charge on any atom is 0.497 e. The standard InChI is InChI=1S/C6H11N3.C2H2F6O2S/c1-5(7)6-8-3-4-9(6)2;3-1(4,5)11(9,10)2(6,7)8/h3-5H,7H2,1-2H3;11H,(H,9,10). The fourth-order valence-corrected chi connectivity index (χ4v) is 1.25. The van der Waals surface area contributed by atoms with E-state index < -0.39 is 21.2 Å². The number of imidazole rings is 1. The van der Waals surface area contributed by atoms with Crippen molar-refractivity contribution in [1.82, 2.24) is 9.55 Å². The topological polar surface area (TPSA) is 81.1 Å². The van der Waals surface area contributed by atoms with Crippen LogP contribution in [-0.4, -0.2) is 29.3 Å². The Bertz CT molecular complexity index is 463. The van der Waals surface area contributed by atoms with Crippen LogP contribution in [0.2, 0.25) is 0 Å². The maximum absolute atomic E-state index is 11.1. The molecule has 0 radical (unpaired) electrons. The van der Waals surface area contributed by atoms with E-state index >= 15 is 0 Å². The zero-order valence-corrected chi connectivity index (χ0v) is 11.2. The molecule has 1 rings (SSSR count). The summed E-state index contributed by atoms with van der Waals surface area (Å²) in [5, 5.41) is 0. The molecule has 0 bridgehead atoms.